The predicted molar refractivity (Wildman–Crippen MR) is 115 cm³/mol. The molecule has 8 heteroatoms. The van der Waals surface area contributed by atoms with E-state index in [4.69, 9.17) is 23.2 Å². The molecule has 0 aliphatic carbocycles. The Morgan fingerprint density at radius 2 is 1.94 bits per heavy atom. The maximum absolute atomic E-state index is 15.2. The Hall–Kier alpha value is -2.20. The number of nitrogens with zero attached hydrogens (tertiary/aromatic N) is 1. The van der Waals surface area contributed by atoms with Gasteiger partial charge in [-0.1, -0.05) is 62.2 Å². The van der Waals surface area contributed by atoms with Crippen molar-refractivity contribution >= 4 is 29.2 Å². The van der Waals surface area contributed by atoms with Gasteiger partial charge in [-0.15, -0.1) is 0 Å². The summed E-state index contributed by atoms with van der Waals surface area (Å²) in [5.74, 6) is -4.09. The van der Waals surface area contributed by atoms with Crippen LogP contribution in [0.5, 0.6) is 0 Å². The van der Waals surface area contributed by atoms with Gasteiger partial charge in [0.15, 0.2) is 0 Å². The molecular weight excluding hydrogens is 445 g/mol. The quantitative estimate of drug-likeness (QED) is 0.607. The highest BCUT2D eigenvalue weighted by molar-refractivity contribution is 6.31. The second-order valence-electron chi connectivity index (χ2n) is 9.03. The number of nitrogens with one attached hydrogen (secondary N) is 1. The van der Waals surface area contributed by atoms with Crippen molar-refractivity contribution in [3.8, 4) is 6.07 Å². The van der Waals surface area contributed by atoms with Gasteiger partial charge < -0.3 is 5.11 Å². The van der Waals surface area contributed by atoms with Gasteiger partial charge >= 0.3 is 5.97 Å². The fourth-order valence-corrected chi connectivity index (χ4v) is 4.88. The Bertz CT molecular complexity index is 1060. The Kier molecular flexibility index (Phi) is 6.35. The number of benzene rings is 2. The van der Waals surface area contributed by atoms with Crippen LogP contribution in [0.1, 0.15) is 44.2 Å². The van der Waals surface area contributed by atoms with Crippen LogP contribution in [0.3, 0.4) is 0 Å². The fourth-order valence-electron chi connectivity index (χ4n) is 4.54. The molecule has 2 aromatic carbocycles. The minimum absolute atomic E-state index is 0.0331. The summed E-state index contributed by atoms with van der Waals surface area (Å²) in [6.07, 6.45) is 0.338. The first-order valence-electron chi connectivity index (χ1n) is 9.72. The molecule has 0 radical (unpaired) electrons. The van der Waals surface area contributed by atoms with E-state index in [0.717, 1.165) is 6.07 Å². The van der Waals surface area contributed by atoms with Crippen molar-refractivity contribution in [2.75, 3.05) is 0 Å². The lowest BCUT2D eigenvalue weighted by Crippen LogP contribution is -2.44. The summed E-state index contributed by atoms with van der Waals surface area (Å²) in [6, 6.07) is 8.16. The van der Waals surface area contributed by atoms with Crippen molar-refractivity contribution < 1.29 is 18.7 Å². The summed E-state index contributed by atoms with van der Waals surface area (Å²) in [6.45, 7) is 5.79. The fraction of sp³-hybridized carbons (Fsp3) is 0.391. The van der Waals surface area contributed by atoms with Crippen LogP contribution in [0.4, 0.5) is 8.78 Å². The van der Waals surface area contributed by atoms with Crippen LogP contribution < -0.4 is 5.32 Å². The van der Waals surface area contributed by atoms with Gasteiger partial charge in [0.25, 0.3) is 0 Å². The van der Waals surface area contributed by atoms with E-state index in [-0.39, 0.29) is 26.6 Å². The molecule has 1 saturated heterocycles. The number of carboxylic acid groups (broad SMARTS) is 1. The maximum atomic E-state index is 15.2. The Morgan fingerprint density at radius 1 is 1.26 bits per heavy atom. The zero-order valence-electron chi connectivity index (χ0n) is 17.2. The molecule has 1 unspecified atom stereocenters. The number of halogens is 4. The monoisotopic (exact) mass is 466 g/mol. The third kappa shape index (κ3) is 4.15. The normalized spacial score (nSPS) is 25.9. The number of rotatable bonds is 4. The lowest BCUT2D eigenvalue weighted by atomic mass is 9.62. The van der Waals surface area contributed by atoms with Gasteiger partial charge in [0, 0.05) is 22.5 Å². The molecule has 0 spiro atoms. The van der Waals surface area contributed by atoms with Crippen molar-refractivity contribution in [2.24, 2.45) is 5.41 Å². The summed E-state index contributed by atoms with van der Waals surface area (Å²) in [7, 11) is 0. The molecule has 4 atom stereocenters. The van der Waals surface area contributed by atoms with Crippen LogP contribution in [0.25, 0.3) is 0 Å². The molecule has 1 aliphatic rings. The van der Waals surface area contributed by atoms with Gasteiger partial charge in [0.05, 0.1) is 11.1 Å². The minimum atomic E-state index is -1.73. The third-order valence-corrected chi connectivity index (χ3v) is 6.24. The number of hydrogen-bond acceptors (Lipinski definition) is 3. The van der Waals surface area contributed by atoms with Gasteiger partial charge in [-0.2, -0.15) is 5.26 Å². The highest BCUT2D eigenvalue weighted by Gasteiger charge is 2.61. The van der Waals surface area contributed by atoms with E-state index in [0.29, 0.717) is 6.42 Å². The molecule has 4 nitrogen and oxygen atoms in total. The number of aliphatic carboxylic acids is 1. The molecule has 1 heterocycles. The standard InChI is InChI=1S/C23H22Cl2F2N2O2/c1-22(2,3)10-17-23(11-28,14-8-7-12(24)9-16(14)26)18(20(29-17)21(30)31)13-5-4-6-15(25)19(13)27/h4-9,17-18,20,29H,10H2,1-3H3,(H,30,31)/t17?,18-,20-,23-/m0/s1. The zero-order chi connectivity index (χ0) is 23.1. The molecule has 0 amide bonds. The zero-order valence-corrected chi connectivity index (χ0v) is 18.7. The lowest BCUT2D eigenvalue weighted by molar-refractivity contribution is -0.139. The Morgan fingerprint density at radius 3 is 2.48 bits per heavy atom. The van der Waals surface area contributed by atoms with Crippen molar-refractivity contribution in [3.05, 3.63) is 69.2 Å². The number of nitriles is 1. The van der Waals surface area contributed by atoms with Crippen LogP contribution >= 0.6 is 23.2 Å². The largest absolute Gasteiger partial charge is 0.480 e. The minimum Gasteiger partial charge on any atom is -0.480 e. The lowest BCUT2D eigenvalue weighted by Gasteiger charge is -2.37. The van der Waals surface area contributed by atoms with Gasteiger partial charge in [0.1, 0.15) is 23.1 Å². The molecular formula is C23H22Cl2F2N2O2. The van der Waals surface area contributed by atoms with E-state index < -0.39 is 41.0 Å². The van der Waals surface area contributed by atoms with Crippen LogP contribution in [0, 0.1) is 28.4 Å². The van der Waals surface area contributed by atoms with Crippen LogP contribution in [-0.2, 0) is 10.2 Å². The maximum Gasteiger partial charge on any atom is 0.321 e. The summed E-state index contributed by atoms with van der Waals surface area (Å²) in [5, 5.41) is 23.4. The third-order valence-electron chi connectivity index (χ3n) is 5.72. The van der Waals surface area contributed by atoms with E-state index in [1.165, 1.54) is 30.3 Å². The summed E-state index contributed by atoms with van der Waals surface area (Å²) in [5.41, 5.74) is -2.15. The number of hydrogen-bond donors (Lipinski definition) is 2. The number of carboxylic acids is 1. The van der Waals surface area contributed by atoms with Gasteiger partial charge in [-0.25, -0.2) is 8.78 Å². The molecule has 0 aromatic heterocycles. The highest BCUT2D eigenvalue weighted by atomic mass is 35.5. The number of carbonyl (C=O) groups is 1. The SMILES string of the molecule is CC(C)(C)CC1N[C@H](C(=O)O)[C@H](c2cccc(Cl)c2F)[C@@]1(C#N)c1ccc(Cl)cc1F. The first kappa shape index (κ1) is 23.5. The Labute approximate surface area is 189 Å². The van der Waals surface area contributed by atoms with E-state index in [1.807, 2.05) is 20.8 Å². The molecule has 0 saturated carbocycles. The smallest absolute Gasteiger partial charge is 0.321 e. The first-order chi connectivity index (χ1) is 14.4. The van der Waals surface area contributed by atoms with E-state index in [9.17, 15) is 15.2 Å². The van der Waals surface area contributed by atoms with Crippen LogP contribution in [0.2, 0.25) is 10.0 Å². The van der Waals surface area contributed by atoms with E-state index in [1.54, 1.807) is 0 Å². The van der Waals surface area contributed by atoms with Crippen LogP contribution in [-0.4, -0.2) is 23.2 Å². The average molecular weight is 467 g/mol. The van der Waals surface area contributed by atoms with E-state index >= 15 is 8.78 Å². The van der Waals surface area contributed by atoms with E-state index in [2.05, 4.69) is 11.4 Å². The van der Waals surface area contributed by atoms with Crippen molar-refractivity contribution in [3.63, 3.8) is 0 Å². The molecule has 31 heavy (non-hydrogen) atoms. The summed E-state index contributed by atoms with van der Waals surface area (Å²) in [4.78, 5) is 12.2. The van der Waals surface area contributed by atoms with Crippen LogP contribution in [0.15, 0.2) is 36.4 Å². The molecule has 1 aliphatic heterocycles. The second kappa shape index (κ2) is 8.38. The molecule has 2 N–H and O–H groups in total. The van der Waals surface area contributed by atoms with Gasteiger partial charge in [-0.05, 0) is 35.6 Å². The second-order valence-corrected chi connectivity index (χ2v) is 9.87. The summed E-state index contributed by atoms with van der Waals surface area (Å²) < 4.78 is 30.3. The molecule has 164 valence electrons. The molecule has 2 aromatic rings. The van der Waals surface area contributed by atoms with Crippen molar-refractivity contribution in [1.82, 2.24) is 5.32 Å². The first-order valence-corrected chi connectivity index (χ1v) is 10.5. The topological polar surface area (TPSA) is 73.1 Å². The Balaban J connectivity index is 2.38. The van der Waals surface area contributed by atoms with Crippen molar-refractivity contribution in [2.45, 2.75) is 50.6 Å². The summed E-state index contributed by atoms with van der Waals surface area (Å²) >= 11 is 11.9. The van der Waals surface area contributed by atoms with Gasteiger partial charge in [-0.3, -0.25) is 10.1 Å². The molecule has 3 rings (SSSR count). The predicted octanol–water partition coefficient (Wildman–Crippen LogP) is 5.68. The average Bonchev–Trinajstić information content (AvgIpc) is 2.97. The van der Waals surface area contributed by atoms with Gasteiger partial charge in [0.2, 0.25) is 0 Å². The molecule has 1 fully saturated rings. The molecule has 0 bridgehead atoms. The van der Waals surface area contributed by atoms with Crippen molar-refractivity contribution in [1.29, 1.82) is 5.26 Å². The highest BCUT2D eigenvalue weighted by Crippen LogP contribution is 2.52.